The van der Waals surface area contributed by atoms with Crippen molar-refractivity contribution < 1.29 is 22.7 Å². The molecule has 1 aromatic carbocycles. The van der Waals surface area contributed by atoms with Crippen LogP contribution >= 0.6 is 0 Å². The number of fused-ring (bicyclic) bond motifs is 1. The minimum Gasteiger partial charge on any atom is -0.497 e. The number of nitrogens with one attached hydrogen (secondary N) is 1. The van der Waals surface area contributed by atoms with Crippen molar-refractivity contribution in [3.8, 4) is 5.75 Å². The molecule has 1 amide bonds. The summed E-state index contributed by atoms with van der Waals surface area (Å²) in [6.45, 7) is 3.27. The normalized spacial score (nSPS) is 30.0. The van der Waals surface area contributed by atoms with Crippen molar-refractivity contribution in [2.24, 2.45) is 17.8 Å². The number of hydrogen-bond donors (Lipinski definition) is 1. The Balaban J connectivity index is 1.46. The van der Waals surface area contributed by atoms with E-state index in [1.165, 1.54) is 19.8 Å². The fraction of sp³-hybridized carbons (Fsp3) is 0.667. The van der Waals surface area contributed by atoms with E-state index >= 15 is 0 Å². The minimum absolute atomic E-state index is 0.0376. The first-order valence-corrected chi connectivity index (χ1v) is 11.8. The number of nitrogens with zero attached hydrogens (tertiary/aromatic N) is 1. The van der Waals surface area contributed by atoms with Crippen LogP contribution in [-0.2, 0) is 19.6 Å². The minimum atomic E-state index is -3.55. The second-order valence-corrected chi connectivity index (χ2v) is 10.5. The van der Waals surface area contributed by atoms with Gasteiger partial charge in [-0.05, 0) is 67.7 Å². The number of sulfonamides is 1. The highest BCUT2D eigenvalue weighted by Crippen LogP contribution is 2.40. The zero-order valence-corrected chi connectivity index (χ0v) is 17.9. The van der Waals surface area contributed by atoms with Gasteiger partial charge in [0.2, 0.25) is 15.9 Å². The zero-order valence-electron chi connectivity index (χ0n) is 17.0. The van der Waals surface area contributed by atoms with E-state index in [1.807, 2.05) is 0 Å². The van der Waals surface area contributed by atoms with E-state index in [2.05, 4.69) is 5.32 Å². The molecule has 0 radical (unpaired) electrons. The third-order valence-corrected chi connectivity index (χ3v) is 8.26. The highest BCUT2D eigenvalue weighted by atomic mass is 32.2. The van der Waals surface area contributed by atoms with E-state index in [0.29, 0.717) is 24.8 Å². The largest absolute Gasteiger partial charge is 0.497 e. The molecule has 8 heteroatoms. The maximum Gasteiger partial charge on any atom is 0.243 e. The number of benzene rings is 1. The number of ether oxygens (including phenoxy) is 2. The van der Waals surface area contributed by atoms with E-state index < -0.39 is 10.0 Å². The van der Waals surface area contributed by atoms with Gasteiger partial charge >= 0.3 is 0 Å². The summed E-state index contributed by atoms with van der Waals surface area (Å²) in [6.07, 6.45) is 3.95. The molecule has 29 heavy (non-hydrogen) atoms. The summed E-state index contributed by atoms with van der Waals surface area (Å²) in [6, 6.07) is 6.49. The molecule has 4 atom stereocenters. The highest BCUT2D eigenvalue weighted by Gasteiger charge is 2.46. The van der Waals surface area contributed by atoms with Gasteiger partial charge in [0.25, 0.3) is 0 Å². The lowest BCUT2D eigenvalue weighted by molar-refractivity contribution is -0.122. The summed E-state index contributed by atoms with van der Waals surface area (Å²) in [4.78, 5) is 12.0. The second kappa shape index (κ2) is 8.24. The Hall–Kier alpha value is -1.64. The Bertz CT molecular complexity index is 837. The second-order valence-electron chi connectivity index (χ2n) is 8.61. The van der Waals surface area contributed by atoms with Crippen LogP contribution in [0.2, 0.25) is 0 Å². The van der Waals surface area contributed by atoms with Crippen molar-refractivity contribution in [1.82, 2.24) is 9.62 Å². The molecule has 4 rings (SSSR count). The Morgan fingerprint density at radius 3 is 2.38 bits per heavy atom. The third kappa shape index (κ3) is 4.59. The van der Waals surface area contributed by atoms with Crippen molar-refractivity contribution >= 4 is 15.9 Å². The molecular formula is C21H30N2O5S. The number of rotatable bonds is 7. The van der Waals surface area contributed by atoms with Gasteiger partial charge in [-0.3, -0.25) is 4.79 Å². The fourth-order valence-corrected chi connectivity index (χ4v) is 6.16. The topological polar surface area (TPSA) is 84.9 Å². The van der Waals surface area contributed by atoms with Crippen LogP contribution < -0.4 is 10.1 Å². The maximum absolute atomic E-state index is 13.1. The standard InChI is InChI=1S/C21H30N2O5S/c1-14(24)22-20-9-16-11-23(12-17(16)10-21(20)28-13-15-3-4-15)29(25,26)19-7-5-18(27-2)6-8-19/h5-8,15-17,20-21H,3-4,9-13H2,1-2H3,(H,22,24)/t16-,17+,20-,21-/m1/s1. The molecule has 0 unspecified atom stereocenters. The van der Waals surface area contributed by atoms with Crippen LogP contribution in [0.4, 0.5) is 0 Å². The molecule has 3 aliphatic rings. The van der Waals surface area contributed by atoms with Crippen molar-refractivity contribution in [2.45, 2.75) is 49.6 Å². The molecule has 160 valence electrons. The van der Waals surface area contributed by atoms with Gasteiger partial charge in [-0.15, -0.1) is 0 Å². The number of carbonyl (C=O) groups is 1. The smallest absolute Gasteiger partial charge is 0.243 e. The molecule has 2 saturated carbocycles. The molecule has 7 nitrogen and oxygen atoms in total. The summed E-state index contributed by atoms with van der Waals surface area (Å²) in [5, 5.41) is 3.04. The average Bonchev–Trinajstić information content (AvgIpc) is 3.43. The van der Waals surface area contributed by atoms with E-state index in [0.717, 1.165) is 19.4 Å². The van der Waals surface area contributed by atoms with Crippen molar-refractivity contribution in [3.05, 3.63) is 24.3 Å². The quantitative estimate of drug-likeness (QED) is 0.727. The molecule has 1 heterocycles. The van der Waals surface area contributed by atoms with Crippen LogP contribution in [0, 0.1) is 17.8 Å². The molecule has 1 aliphatic heterocycles. The Morgan fingerprint density at radius 2 is 1.79 bits per heavy atom. The molecule has 1 N–H and O–H groups in total. The van der Waals surface area contributed by atoms with Gasteiger partial charge in [-0.1, -0.05) is 0 Å². The van der Waals surface area contributed by atoms with Crippen LogP contribution in [0.3, 0.4) is 0 Å². The zero-order chi connectivity index (χ0) is 20.6. The predicted molar refractivity (Wildman–Crippen MR) is 108 cm³/mol. The number of carbonyl (C=O) groups excluding carboxylic acids is 1. The molecule has 2 aliphatic carbocycles. The number of hydrogen-bond acceptors (Lipinski definition) is 5. The maximum atomic E-state index is 13.1. The molecule has 0 aromatic heterocycles. The summed E-state index contributed by atoms with van der Waals surface area (Å²) in [5.74, 6) is 1.72. The lowest BCUT2D eigenvalue weighted by Crippen LogP contribution is -2.50. The van der Waals surface area contributed by atoms with E-state index in [1.54, 1.807) is 35.7 Å². The first-order valence-electron chi connectivity index (χ1n) is 10.4. The van der Waals surface area contributed by atoms with Crippen LogP contribution in [0.5, 0.6) is 5.75 Å². The van der Waals surface area contributed by atoms with Gasteiger partial charge in [0.05, 0.1) is 24.2 Å². The van der Waals surface area contributed by atoms with Crippen LogP contribution in [-0.4, -0.2) is 57.6 Å². The summed E-state index contributed by atoms with van der Waals surface area (Å²) >= 11 is 0. The summed E-state index contributed by atoms with van der Waals surface area (Å²) < 4.78 is 39.1. The highest BCUT2D eigenvalue weighted by molar-refractivity contribution is 7.89. The molecule has 3 fully saturated rings. The van der Waals surface area contributed by atoms with Gasteiger partial charge in [0.1, 0.15) is 5.75 Å². The first-order chi connectivity index (χ1) is 13.9. The van der Waals surface area contributed by atoms with Gasteiger partial charge in [-0.25, -0.2) is 8.42 Å². The molecular weight excluding hydrogens is 392 g/mol. The third-order valence-electron chi connectivity index (χ3n) is 6.41. The van der Waals surface area contributed by atoms with Gasteiger partial charge in [0.15, 0.2) is 0 Å². The van der Waals surface area contributed by atoms with Crippen LogP contribution in [0.1, 0.15) is 32.6 Å². The van der Waals surface area contributed by atoms with Crippen molar-refractivity contribution in [3.63, 3.8) is 0 Å². The Labute approximate surface area is 172 Å². The predicted octanol–water partition coefficient (Wildman–Crippen LogP) is 2.03. The Morgan fingerprint density at radius 1 is 1.14 bits per heavy atom. The SMILES string of the molecule is COc1ccc(S(=O)(=O)N2C[C@H]3C[C@@H](NC(C)=O)[C@H](OCC4CC4)C[C@H]3C2)cc1. The Kier molecular flexibility index (Phi) is 5.86. The average molecular weight is 423 g/mol. The molecule has 0 spiro atoms. The van der Waals surface area contributed by atoms with E-state index in [9.17, 15) is 13.2 Å². The van der Waals surface area contributed by atoms with Crippen LogP contribution in [0.15, 0.2) is 29.2 Å². The number of methoxy groups -OCH3 is 1. The van der Waals surface area contributed by atoms with Crippen LogP contribution in [0.25, 0.3) is 0 Å². The van der Waals surface area contributed by atoms with E-state index in [4.69, 9.17) is 9.47 Å². The number of amides is 1. The lowest BCUT2D eigenvalue weighted by atomic mass is 9.77. The summed E-state index contributed by atoms with van der Waals surface area (Å²) in [7, 11) is -1.99. The fourth-order valence-electron chi connectivity index (χ4n) is 4.60. The monoisotopic (exact) mass is 422 g/mol. The van der Waals surface area contributed by atoms with Crippen molar-refractivity contribution in [2.75, 3.05) is 26.8 Å². The van der Waals surface area contributed by atoms with Crippen molar-refractivity contribution in [1.29, 1.82) is 0 Å². The molecule has 1 aromatic rings. The van der Waals surface area contributed by atoms with Gasteiger partial charge in [0, 0.05) is 26.6 Å². The lowest BCUT2D eigenvalue weighted by Gasteiger charge is -2.38. The summed E-state index contributed by atoms with van der Waals surface area (Å²) in [5.41, 5.74) is 0. The molecule has 1 saturated heterocycles. The molecule has 0 bridgehead atoms. The van der Waals surface area contributed by atoms with Gasteiger partial charge < -0.3 is 14.8 Å². The first kappa shape index (κ1) is 20.6. The van der Waals surface area contributed by atoms with E-state index in [-0.39, 0.29) is 34.8 Å². The van der Waals surface area contributed by atoms with Gasteiger partial charge in [-0.2, -0.15) is 4.31 Å².